The van der Waals surface area contributed by atoms with Crippen LogP contribution in [0.2, 0.25) is 0 Å². The Morgan fingerprint density at radius 1 is 1.11 bits per heavy atom. The van der Waals surface area contributed by atoms with Crippen molar-refractivity contribution in [2.24, 2.45) is 5.92 Å². The first-order chi connectivity index (χ1) is 13.1. The molecule has 0 spiro atoms. The van der Waals surface area contributed by atoms with E-state index in [0.717, 1.165) is 21.4 Å². The second-order valence-electron chi connectivity index (χ2n) is 6.49. The number of benzene rings is 1. The summed E-state index contributed by atoms with van der Waals surface area (Å²) in [6.07, 6.45) is 3.49. The number of halogens is 1. The van der Waals surface area contributed by atoms with Crippen molar-refractivity contribution in [3.8, 4) is 11.3 Å². The van der Waals surface area contributed by atoms with Gasteiger partial charge < -0.3 is 15.7 Å². The van der Waals surface area contributed by atoms with E-state index in [1.807, 2.05) is 56.3 Å². The van der Waals surface area contributed by atoms with E-state index in [-0.39, 0.29) is 18.6 Å². The number of hydrogen-bond donors (Lipinski definition) is 3. The minimum atomic E-state index is -0.134. The molecule has 1 aromatic carbocycles. The van der Waals surface area contributed by atoms with Gasteiger partial charge in [-0.1, -0.05) is 26.0 Å². The normalized spacial score (nSPS) is 12.0. The summed E-state index contributed by atoms with van der Waals surface area (Å²) >= 11 is 3.54. The van der Waals surface area contributed by atoms with Crippen LogP contribution in [0.3, 0.4) is 0 Å². The molecule has 0 fully saturated rings. The highest BCUT2D eigenvalue weighted by Crippen LogP contribution is 2.27. The first kappa shape index (κ1) is 19.3. The molecule has 7 heteroatoms. The summed E-state index contributed by atoms with van der Waals surface area (Å²) in [6, 6.07) is 13.4. The first-order valence-corrected chi connectivity index (χ1v) is 9.54. The molecule has 0 aliphatic rings. The lowest BCUT2D eigenvalue weighted by molar-refractivity contribution is 0.248. The lowest BCUT2D eigenvalue weighted by Gasteiger charge is -2.20. The fourth-order valence-corrected chi connectivity index (χ4v) is 2.91. The maximum absolute atomic E-state index is 9.64. The monoisotopic (exact) mass is 427 g/mol. The Morgan fingerprint density at radius 2 is 1.93 bits per heavy atom. The van der Waals surface area contributed by atoms with Gasteiger partial charge in [-0.05, 0) is 46.1 Å². The van der Waals surface area contributed by atoms with Gasteiger partial charge in [0.15, 0.2) is 0 Å². The molecule has 0 aliphatic heterocycles. The molecule has 2 aromatic heterocycles. The Kier molecular flexibility index (Phi) is 6.36. The maximum Gasteiger partial charge on any atom is 0.225 e. The highest BCUT2D eigenvalue weighted by Gasteiger charge is 2.15. The lowest BCUT2D eigenvalue weighted by atomic mass is 10.1. The van der Waals surface area contributed by atoms with Crippen LogP contribution in [0, 0.1) is 5.92 Å². The van der Waals surface area contributed by atoms with E-state index in [2.05, 4.69) is 41.5 Å². The van der Waals surface area contributed by atoms with Crippen LogP contribution in [-0.2, 0) is 0 Å². The standard InChI is InChI=1S/C20H22BrN5O/c1-13(2)18(12-27)25-20-24-17(14-6-5-9-22-11-14)10-19(26-20)23-16-8-4-3-7-15(16)21/h3-11,13,18,27H,12H2,1-2H3,(H2,23,24,25,26)/t18-/m1/s1. The van der Waals surface area contributed by atoms with Crippen molar-refractivity contribution >= 4 is 33.4 Å². The van der Waals surface area contributed by atoms with Crippen LogP contribution in [0.15, 0.2) is 59.3 Å². The molecule has 3 N–H and O–H groups in total. The van der Waals surface area contributed by atoms with Crippen molar-refractivity contribution in [3.63, 3.8) is 0 Å². The molecule has 3 aromatic rings. The Balaban J connectivity index is 1.99. The second kappa shape index (κ2) is 8.92. The van der Waals surface area contributed by atoms with Gasteiger partial charge in [-0.3, -0.25) is 4.98 Å². The van der Waals surface area contributed by atoms with Crippen molar-refractivity contribution in [2.45, 2.75) is 19.9 Å². The summed E-state index contributed by atoms with van der Waals surface area (Å²) in [5.41, 5.74) is 2.54. The minimum Gasteiger partial charge on any atom is -0.394 e. The van der Waals surface area contributed by atoms with E-state index < -0.39 is 0 Å². The zero-order valence-corrected chi connectivity index (χ0v) is 16.8. The van der Waals surface area contributed by atoms with E-state index in [9.17, 15) is 5.11 Å². The van der Waals surface area contributed by atoms with Gasteiger partial charge in [0.05, 0.1) is 24.0 Å². The number of para-hydroxylation sites is 1. The summed E-state index contributed by atoms with van der Waals surface area (Å²) in [5, 5.41) is 16.2. The Morgan fingerprint density at radius 3 is 2.59 bits per heavy atom. The Bertz CT molecular complexity index is 889. The van der Waals surface area contributed by atoms with E-state index in [4.69, 9.17) is 0 Å². The number of hydrogen-bond acceptors (Lipinski definition) is 6. The molecule has 1 atom stereocenters. The van der Waals surface area contributed by atoms with Crippen LogP contribution in [-0.4, -0.2) is 32.7 Å². The molecule has 27 heavy (non-hydrogen) atoms. The molecule has 0 amide bonds. The number of rotatable bonds is 7. The zero-order chi connectivity index (χ0) is 19.2. The van der Waals surface area contributed by atoms with Crippen molar-refractivity contribution in [2.75, 3.05) is 17.2 Å². The number of aliphatic hydroxyl groups is 1. The summed E-state index contributed by atoms with van der Waals surface area (Å²) in [4.78, 5) is 13.4. The van der Waals surface area contributed by atoms with Crippen molar-refractivity contribution in [1.29, 1.82) is 0 Å². The highest BCUT2D eigenvalue weighted by atomic mass is 79.9. The molecular weight excluding hydrogens is 406 g/mol. The summed E-state index contributed by atoms with van der Waals surface area (Å²) in [6.45, 7) is 4.09. The van der Waals surface area contributed by atoms with Gasteiger partial charge in [0.2, 0.25) is 5.95 Å². The van der Waals surface area contributed by atoms with Gasteiger partial charge in [-0.15, -0.1) is 0 Å². The third-order valence-corrected chi connectivity index (χ3v) is 4.83. The predicted octanol–water partition coefficient (Wildman–Crippen LogP) is 4.47. The van der Waals surface area contributed by atoms with E-state index in [0.29, 0.717) is 11.8 Å². The largest absolute Gasteiger partial charge is 0.394 e. The van der Waals surface area contributed by atoms with Gasteiger partial charge in [0, 0.05) is 28.5 Å². The molecule has 0 bridgehead atoms. The molecular formula is C20H22BrN5O. The predicted molar refractivity (Wildman–Crippen MR) is 112 cm³/mol. The van der Waals surface area contributed by atoms with Crippen LogP contribution in [0.4, 0.5) is 17.5 Å². The van der Waals surface area contributed by atoms with E-state index in [1.165, 1.54) is 0 Å². The molecule has 0 saturated heterocycles. The van der Waals surface area contributed by atoms with E-state index in [1.54, 1.807) is 12.4 Å². The Labute approximate surface area is 167 Å². The maximum atomic E-state index is 9.64. The molecule has 3 rings (SSSR count). The summed E-state index contributed by atoms with van der Waals surface area (Å²) in [5.74, 6) is 1.35. The van der Waals surface area contributed by atoms with Crippen molar-refractivity contribution < 1.29 is 5.11 Å². The fourth-order valence-electron chi connectivity index (χ4n) is 2.53. The highest BCUT2D eigenvalue weighted by molar-refractivity contribution is 9.10. The molecule has 0 unspecified atom stereocenters. The molecule has 0 radical (unpaired) electrons. The summed E-state index contributed by atoms with van der Waals surface area (Å²) in [7, 11) is 0. The lowest BCUT2D eigenvalue weighted by Crippen LogP contribution is -2.30. The SMILES string of the molecule is CC(C)[C@@H](CO)Nc1nc(Nc2ccccc2Br)cc(-c2cccnc2)n1. The van der Waals surface area contributed by atoms with Gasteiger partial charge in [-0.2, -0.15) is 4.98 Å². The number of aliphatic hydroxyl groups excluding tert-OH is 1. The number of pyridine rings is 1. The van der Waals surface area contributed by atoms with Crippen molar-refractivity contribution in [1.82, 2.24) is 15.0 Å². The number of anilines is 3. The van der Waals surface area contributed by atoms with Gasteiger partial charge in [0.25, 0.3) is 0 Å². The minimum absolute atomic E-state index is 0.00510. The molecule has 0 saturated carbocycles. The van der Waals surface area contributed by atoms with Gasteiger partial charge >= 0.3 is 0 Å². The van der Waals surface area contributed by atoms with Gasteiger partial charge in [-0.25, -0.2) is 4.98 Å². The summed E-state index contributed by atoms with van der Waals surface area (Å²) < 4.78 is 0.941. The average molecular weight is 428 g/mol. The second-order valence-corrected chi connectivity index (χ2v) is 7.34. The molecule has 0 aliphatic carbocycles. The number of nitrogens with one attached hydrogen (secondary N) is 2. The number of aromatic nitrogens is 3. The first-order valence-electron chi connectivity index (χ1n) is 8.75. The van der Waals surface area contributed by atoms with Crippen LogP contribution in [0.1, 0.15) is 13.8 Å². The average Bonchev–Trinajstić information content (AvgIpc) is 2.68. The third-order valence-electron chi connectivity index (χ3n) is 4.14. The topological polar surface area (TPSA) is 83.0 Å². The molecule has 2 heterocycles. The van der Waals surface area contributed by atoms with Crippen LogP contribution in [0.5, 0.6) is 0 Å². The van der Waals surface area contributed by atoms with Crippen molar-refractivity contribution in [3.05, 3.63) is 59.3 Å². The quantitative estimate of drug-likeness (QED) is 0.515. The van der Waals surface area contributed by atoms with E-state index >= 15 is 0 Å². The van der Waals surface area contributed by atoms with Crippen LogP contribution >= 0.6 is 15.9 Å². The van der Waals surface area contributed by atoms with Crippen LogP contribution < -0.4 is 10.6 Å². The Hall–Kier alpha value is -2.51. The number of nitrogens with zero attached hydrogens (tertiary/aromatic N) is 3. The third kappa shape index (κ3) is 5.02. The van der Waals surface area contributed by atoms with Crippen LogP contribution in [0.25, 0.3) is 11.3 Å². The molecule has 140 valence electrons. The zero-order valence-electron chi connectivity index (χ0n) is 15.2. The smallest absolute Gasteiger partial charge is 0.225 e. The fraction of sp³-hybridized carbons (Fsp3) is 0.250. The molecule has 6 nitrogen and oxygen atoms in total. The van der Waals surface area contributed by atoms with Gasteiger partial charge in [0.1, 0.15) is 5.82 Å².